The minimum Gasteiger partial charge on any atom is -0.395 e. The Labute approximate surface area is 105 Å². The second-order valence-corrected chi connectivity index (χ2v) is 6.55. The van der Waals surface area contributed by atoms with Crippen LogP contribution >= 0.6 is 11.8 Å². The van der Waals surface area contributed by atoms with Crippen molar-refractivity contribution in [3.63, 3.8) is 0 Å². The largest absolute Gasteiger partial charge is 0.395 e. The molecule has 0 aromatic rings. The first-order chi connectivity index (χ1) is 7.77. The summed E-state index contributed by atoms with van der Waals surface area (Å²) in [5.74, 6) is 0. The van der Waals surface area contributed by atoms with Gasteiger partial charge in [-0.2, -0.15) is 11.8 Å². The lowest BCUT2D eigenvalue weighted by Crippen LogP contribution is -2.38. The molecule has 0 aromatic heterocycles. The van der Waals surface area contributed by atoms with Crippen LogP contribution in [-0.2, 0) is 0 Å². The van der Waals surface area contributed by atoms with Crippen molar-refractivity contribution in [1.82, 2.24) is 5.32 Å². The van der Waals surface area contributed by atoms with E-state index in [1.807, 2.05) is 11.8 Å². The fraction of sp³-hybridized carbons (Fsp3) is 1.00. The van der Waals surface area contributed by atoms with E-state index >= 15 is 0 Å². The van der Waals surface area contributed by atoms with Gasteiger partial charge in [-0.3, -0.25) is 0 Å². The maximum absolute atomic E-state index is 9.16. The van der Waals surface area contributed by atoms with Crippen molar-refractivity contribution in [2.24, 2.45) is 0 Å². The van der Waals surface area contributed by atoms with E-state index in [2.05, 4.69) is 19.2 Å². The van der Waals surface area contributed by atoms with Crippen molar-refractivity contribution in [3.05, 3.63) is 0 Å². The van der Waals surface area contributed by atoms with E-state index in [9.17, 15) is 0 Å². The highest BCUT2D eigenvalue weighted by molar-refractivity contribution is 8.00. The number of rotatable bonds is 6. The lowest BCUT2D eigenvalue weighted by Gasteiger charge is -2.27. The molecule has 0 aromatic carbocycles. The molecule has 0 heterocycles. The molecular formula is C13H27NOS. The van der Waals surface area contributed by atoms with Crippen LogP contribution in [-0.4, -0.2) is 34.8 Å². The van der Waals surface area contributed by atoms with E-state index in [0.29, 0.717) is 23.1 Å². The van der Waals surface area contributed by atoms with Crippen LogP contribution in [0.2, 0.25) is 0 Å². The zero-order chi connectivity index (χ0) is 11.8. The molecule has 2 N–H and O–H groups in total. The molecule has 3 atom stereocenters. The summed E-state index contributed by atoms with van der Waals surface area (Å²) in [6.07, 6.45) is 7.95. The number of nitrogens with one attached hydrogen (secondary N) is 1. The summed E-state index contributed by atoms with van der Waals surface area (Å²) in [4.78, 5) is 0. The first kappa shape index (κ1) is 14.3. The number of aliphatic hydroxyl groups is 1. The maximum atomic E-state index is 9.16. The Morgan fingerprint density at radius 3 is 2.75 bits per heavy atom. The van der Waals surface area contributed by atoms with Crippen molar-refractivity contribution >= 4 is 11.8 Å². The van der Waals surface area contributed by atoms with Crippen molar-refractivity contribution in [3.8, 4) is 0 Å². The quantitative estimate of drug-likeness (QED) is 0.706. The number of hydrogen-bond acceptors (Lipinski definition) is 3. The molecule has 3 heteroatoms. The molecule has 16 heavy (non-hydrogen) atoms. The first-order valence-corrected chi connectivity index (χ1v) is 7.72. The van der Waals surface area contributed by atoms with Crippen LogP contribution in [0.4, 0.5) is 0 Å². The Bertz CT molecular complexity index is 177. The summed E-state index contributed by atoms with van der Waals surface area (Å²) in [6.45, 7) is 5.80. The van der Waals surface area contributed by atoms with Crippen LogP contribution in [0.5, 0.6) is 0 Å². The van der Waals surface area contributed by atoms with Gasteiger partial charge >= 0.3 is 0 Å². The third-order valence-corrected chi connectivity index (χ3v) is 4.80. The highest BCUT2D eigenvalue weighted by Crippen LogP contribution is 2.30. The summed E-state index contributed by atoms with van der Waals surface area (Å²) in [5, 5.41) is 13.9. The minimum atomic E-state index is 0.307. The predicted molar refractivity (Wildman–Crippen MR) is 73.1 cm³/mol. The zero-order valence-electron chi connectivity index (χ0n) is 10.7. The fourth-order valence-corrected chi connectivity index (χ4v) is 3.75. The van der Waals surface area contributed by atoms with Crippen molar-refractivity contribution in [2.45, 2.75) is 68.9 Å². The van der Waals surface area contributed by atoms with Gasteiger partial charge in [-0.05, 0) is 25.8 Å². The van der Waals surface area contributed by atoms with Crippen LogP contribution < -0.4 is 5.32 Å². The van der Waals surface area contributed by atoms with Gasteiger partial charge in [0.25, 0.3) is 0 Å². The van der Waals surface area contributed by atoms with Gasteiger partial charge in [0.05, 0.1) is 6.61 Å². The van der Waals surface area contributed by atoms with E-state index in [-0.39, 0.29) is 0 Å². The van der Waals surface area contributed by atoms with Crippen molar-refractivity contribution < 1.29 is 5.11 Å². The van der Waals surface area contributed by atoms with Crippen LogP contribution in [0.3, 0.4) is 0 Å². The van der Waals surface area contributed by atoms with Crippen LogP contribution in [0.15, 0.2) is 0 Å². The summed E-state index contributed by atoms with van der Waals surface area (Å²) in [6, 6.07) is 0.668. The zero-order valence-corrected chi connectivity index (χ0v) is 11.6. The maximum Gasteiger partial charge on any atom is 0.0547 e. The molecule has 0 saturated heterocycles. The highest BCUT2D eigenvalue weighted by atomic mass is 32.2. The Balaban J connectivity index is 2.44. The number of thioether (sulfide) groups is 1. The standard InChI is InChI=1S/C13H27NOS/c1-3-9-14-12-7-5-4-6-8-13(12)16-11(2)10-15/h11-15H,3-10H2,1-2H3. The molecule has 1 fully saturated rings. The summed E-state index contributed by atoms with van der Waals surface area (Å²) >= 11 is 1.98. The van der Waals surface area contributed by atoms with Crippen LogP contribution in [0.25, 0.3) is 0 Å². The third kappa shape index (κ3) is 5.07. The van der Waals surface area contributed by atoms with E-state index < -0.39 is 0 Å². The summed E-state index contributed by atoms with van der Waals surface area (Å²) < 4.78 is 0. The molecule has 0 bridgehead atoms. The smallest absolute Gasteiger partial charge is 0.0547 e. The third-order valence-electron chi connectivity index (χ3n) is 3.27. The molecule has 0 aliphatic heterocycles. The lowest BCUT2D eigenvalue weighted by atomic mass is 10.1. The van der Waals surface area contributed by atoms with E-state index in [1.165, 1.54) is 38.5 Å². The molecule has 96 valence electrons. The predicted octanol–water partition coefficient (Wildman–Crippen LogP) is 2.80. The topological polar surface area (TPSA) is 32.3 Å². The first-order valence-electron chi connectivity index (χ1n) is 6.77. The van der Waals surface area contributed by atoms with E-state index in [1.54, 1.807) is 0 Å². The SMILES string of the molecule is CCCNC1CCCCCC1SC(C)CO. The molecule has 1 aliphatic rings. The van der Waals surface area contributed by atoms with Crippen LogP contribution in [0.1, 0.15) is 52.4 Å². The van der Waals surface area contributed by atoms with Gasteiger partial charge in [0.15, 0.2) is 0 Å². The normalized spacial score (nSPS) is 28.7. The van der Waals surface area contributed by atoms with E-state index in [0.717, 1.165) is 6.54 Å². The number of hydrogen-bond donors (Lipinski definition) is 2. The van der Waals surface area contributed by atoms with E-state index in [4.69, 9.17) is 5.11 Å². The van der Waals surface area contributed by atoms with Crippen molar-refractivity contribution in [1.29, 1.82) is 0 Å². The van der Waals surface area contributed by atoms with Gasteiger partial charge < -0.3 is 10.4 Å². The average molecular weight is 245 g/mol. The molecule has 1 rings (SSSR count). The Kier molecular flexibility index (Phi) is 7.50. The molecule has 2 nitrogen and oxygen atoms in total. The summed E-state index contributed by atoms with van der Waals surface area (Å²) in [7, 11) is 0. The van der Waals surface area contributed by atoms with Gasteiger partial charge in [0, 0.05) is 16.5 Å². The molecule has 0 spiro atoms. The Morgan fingerprint density at radius 2 is 2.06 bits per heavy atom. The summed E-state index contributed by atoms with van der Waals surface area (Å²) in [5.41, 5.74) is 0. The van der Waals surface area contributed by atoms with Gasteiger partial charge in [-0.1, -0.05) is 33.1 Å². The molecule has 3 unspecified atom stereocenters. The molecule has 0 amide bonds. The Hall–Kier alpha value is 0.270. The second-order valence-electron chi connectivity index (χ2n) is 4.87. The minimum absolute atomic E-state index is 0.307. The number of aliphatic hydroxyl groups excluding tert-OH is 1. The lowest BCUT2D eigenvalue weighted by molar-refractivity contribution is 0.299. The molecule has 0 radical (unpaired) electrons. The van der Waals surface area contributed by atoms with Gasteiger partial charge in [-0.25, -0.2) is 0 Å². The second kappa shape index (κ2) is 8.37. The van der Waals surface area contributed by atoms with Gasteiger partial charge in [0.2, 0.25) is 0 Å². The van der Waals surface area contributed by atoms with Crippen LogP contribution in [0, 0.1) is 0 Å². The highest BCUT2D eigenvalue weighted by Gasteiger charge is 2.24. The molecule has 1 aliphatic carbocycles. The molecule has 1 saturated carbocycles. The monoisotopic (exact) mass is 245 g/mol. The fourth-order valence-electron chi connectivity index (χ4n) is 2.34. The van der Waals surface area contributed by atoms with Gasteiger partial charge in [-0.15, -0.1) is 0 Å². The Morgan fingerprint density at radius 1 is 1.31 bits per heavy atom. The van der Waals surface area contributed by atoms with Gasteiger partial charge in [0.1, 0.15) is 0 Å². The van der Waals surface area contributed by atoms with Crippen molar-refractivity contribution in [2.75, 3.05) is 13.2 Å². The average Bonchev–Trinajstić information content (AvgIpc) is 2.52. The molecular weight excluding hydrogens is 218 g/mol.